The zero-order chi connectivity index (χ0) is 12.2. The van der Waals surface area contributed by atoms with Gasteiger partial charge in [0.2, 0.25) is 0 Å². The molecule has 0 radical (unpaired) electrons. The molecule has 0 spiro atoms. The van der Waals surface area contributed by atoms with Crippen LogP contribution in [-0.4, -0.2) is 18.2 Å². The predicted molar refractivity (Wildman–Crippen MR) is 62.3 cm³/mol. The number of hydrogen-bond acceptors (Lipinski definition) is 2. The van der Waals surface area contributed by atoms with Crippen LogP contribution in [0.3, 0.4) is 0 Å². The molecule has 1 aromatic carbocycles. The average Bonchev–Trinajstić information content (AvgIpc) is 2.17. The monoisotopic (exact) mass is 222 g/mol. The summed E-state index contributed by atoms with van der Waals surface area (Å²) in [6, 6.07) is 7.85. The van der Waals surface area contributed by atoms with Crippen LogP contribution in [-0.2, 0) is 22.6 Å². The molecule has 0 aromatic heterocycles. The van der Waals surface area contributed by atoms with E-state index in [0.717, 1.165) is 11.1 Å². The zero-order valence-corrected chi connectivity index (χ0v) is 9.99. The summed E-state index contributed by atoms with van der Waals surface area (Å²) in [5.41, 5.74) is 1.37. The van der Waals surface area contributed by atoms with E-state index in [1.165, 1.54) is 0 Å². The number of aliphatic carboxylic acids is 1. The summed E-state index contributed by atoms with van der Waals surface area (Å²) in [4.78, 5) is 11.0. The standard InChI is InChI=1S/C13H18O3/c1-13(2,12(14)15)8-10-5-4-6-11(7-10)9-16-3/h4-7H,8-9H2,1-3H3,(H,14,15). The lowest BCUT2D eigenvalue weighted by molar-refractivity contribution is -0.146. The van der Waals surface area contributed by atoms with E-state index in [1.807, 2.05) is 24.3 Å². The second-order valence-corrected chi connectivity index (χ2v) is 4.62. The molecule has 0 aliphatic carbocycles. The molecule has 16 heavy (non-hydrogen) atoms. The van der Waals surface area contributed by atoms with Crippen LogP contribution >= 0.6 is 0 Å². The van der Waals surface area contributed by atoms with E-state index in [0.29, 0.717) is 13.0 Å². The van der Waals surface area contributed by atoms with Gasteiger partial charge in [-0.15, -0.1) is 0 Å². The molecule has 0 fully saturated rings. The van der Waals surface area contributed by atoms with Gasteiger partial charge in [-0.3, -0.25) is 4.79 Å². The molecule has 0 aliphatic heterocycles. The fraction of sp³-hybridized carbons (Fsp3) is 0.462. The molecule has 88 valence electrons. The van der Waals surface area contributed by atoms with E-state index < -0.39 is 11.4 Å². The Balaban J connectivity index is 2.81. The van der Waals surface area contributed by atoms with Crippen molar-refractivity contribution in [3.63, 3.8) is 0 Å². The maximum absolute atomic E-state index is 11.0. The van der Waals surface area contributed by atoms with Gasteiger partial charge in [0.1, 0.15) is 0 Å². The summed E-state index contributed by atoms with van der Waals surface area (Å²) in [7, 11) is 1.65. The van der Waals surface area contributed by atoms with Gasteiger partial charge in [0, 0.05) is 7.11 Å². The van der Waals surface area contributed by atoms with Crippen LogP contribution in [0.25, 0.3) is 0 Å². The summed E-state index contributed by atoms with van der Waals surface area (Å²) < 4.78 is 5.04. The molecule has 0 unspecified atom stereocenters. The fourth-order valence-electron chi connectivity index (χ4n) is 1.58. The van der Waals surface area contributed by atoms with Crippen molar-refractivity contribution in [2.24, 2.45) is 5.41 Å². The van der Waals surface area contributed by atoms with Gasteiger partial charge >= 0.3 is 5.97 Å². The van der Waals surface area contributed by atoms with Crippen molar-refractivity contribution in [3.05, 3.63) is 35.4 Å². The maximum atomic E-state index is 11.0. The Morgan fingerprint density at radius 1 is 1.38 bits per heavy atom. The molecular weight excluding hydrogens is 204 g/mol. The highest BCUT2D eigenvalue weighted by atomic mass is 16.5. The van der Waals surface area contributed by atoms with E-state index in [2.05, 4.69) is 0 Å². The van der Waals surface area contributed by atoms with Gasteiger partial charge in [-0.25, -0.2) is 0 Å². The summed E-state index contributed by atoms with van der Waals surface area (Å²) in [6.07, 6.45) is 0.528. The first-order valence-electron chi connectivity index (χ1n) is 5.26. The zero-order valence-electron chi connectivity index (χ0n) is 9.99. The highest BCUT2D eigenvalue weighted by Gasteiger charge is 2.27. The number of rotatable bonds is 5. The Morgan fingerprint density at radius 3 is 2.56 bits per heavy atom. The fourth-order valence-corrected chi connectivity index (χ4v) is 1.58. The number of hydrogen-bond donors (Lipinski definition) is 1. The van der Waals surface area contributed by atoms with Crippen LogP contribution in [0.4, 0.5) is 0 Å². The van der Waals surface area contributed by atoms with Crippen molar-refractivity contribution in [2.75, 3.05) is 7.11 Å². The first-order valence-corrected chi connectivity index (χ1v) is 5.26. The van der Waals surface area contributed by atoms with Crippen molar-refractivity contribution < 1.29 is 14.6 Å². The second kappa shape index (κ2) is 5.12. The van der Waals surface area contributed by atoms with Gasteiger partial charge in [-0.1, -0.05) is 24.3 Å². The molecule has 0 saturated carbocycles. The molecule has 1 aromatic rings. The Morgan fingerprint density at radius 2 is 2.00 bits per heavy atom. The summed E-state index contributed by atoms with van der Waals surface area (Å²) >= 11 is 0. The topological polar surface area (TPSA) is 46.5 Å². The molecule has 0 heterocycles. The van der Waals surface area contributed by atoms with E-state index in [1.54, 1.807) is 21.0 Å². The number of carboxylic acids is 1. The minimum Gasteiger partial charge on any atom is -0.481 e. The number of methoxy groups -OCH3 is 1. The number of carbonyl (C=O) groups is 1. The smallest absolute Gasteiger partial charge is 0.309 e. The molecule has 3 nitrogen and oxygen atoms in total. The molecule has 1 N–H and O–H groups in total. The Kier molecular flexibility index (Phi) is 4.07. The van der Waals surface area contributed by atoms with Gasteiger partial charge in [0.05, 0.1) is 12.0 Å². The molecular formula is C13H18O3. The van der Waals surface area contributed by atoms with Crippen molar-refractivity contribution in [3.8, 4) is 0 Å². The van der Waals surface area contributed by atoms with Gasteiger partial charge in [0.25, 0.3) is 0 Å². The van der Waals surface area contributed by atoms with E-state index in [-0.39, 0.29) is 0 Å². The van der Waals surface area contributed by atoms with Crippen LogP contribution in [0.15, 0.2) is 24.3 Å². The number of carboxylic acid groups (broad SMARTS) is 1. The lowest BCUT2D eigenvalue weighted by Gasteiger charge is -2.19. The minimum absolute atomic E-state index is 0.528. The quantitative estimate of drug-likeness (QED) is 0.832. The highest BCUT2D eigenvalue weighted by molar-refractivity contribution is 5.74. The van der Waals surface area contributed by atoms with Gasteiger partial charge in [-0.2, -0.15) is 0 Å². The Hall–Kier alpha value is -1.35. The summed E-state index contributed by atoms with van der Waals surface area (Å²) in [5.74, 6) is -0.773. The lowest BCUT2D eigenvalue weighted by atomic mass is 9.85. The highest BCUT2D eigenvalue weighted by Crippen LogP contribution is 2.22. The summed E-state index contributed by atoms with van der Waals surface area (Å²) in [5, 5.41) is 9.05. The third-order valence-electron chi connectivity index (χ3n) is 2.53. The number of ether oxygens (including phenoxy) is 1. The molecule has 3 heteroatoms. The van der Waals surface area contributed by atoms with E-state index in [4.69, 9.17) is 9.84 Å². The minimum atomic E-state index is -0.773. The molecule has 0 saturated heterocycles. The Labute approximate surface area is 96.1 Å². The molecule has 1 rings (SSSR count). The molecule has 0 amide bonds. The molecule has 0 atom stereocenters. The first kappa shape index (κ1) is 12.7. The normalized spacial score (nSPS) is 11.4. The van der Waals surface area contributed by atoms with Gasteiger partial charge < -0.3 is 9.84 Å². The van der Waals surface area contributed by atoms with Crippen LogP contribution in [0.5, 0.6) is 0 Å². The van der Waals surface area contributed by atoms with Gasteiger partial charge in [-0.05, 0) is 31.4 Å². The molecule has 0 bridgehead atoms. The van der Waals surface area contributed by atoms with Crippen molar-refractivity contribution in [1.29, 1.82) is 0 Å². The lowest BCUT2D eigenvalue weighted by Crippen LogP contribution is -2.26. The van der Waals surface area contributed by atoms with Crippen LogP contribution in [0, 0.1) is 5.41 Å². The SMILES string of the molecule is COCc1cccc(CC(C)(C)C(=O)O)c1. The predicted octanol–water partition coefficient (Wildman–Crippen LogP) is 2.49. The van der Waals surface area contributed by atoms with Crippen LogP contribution in [0.2, 0.25) is 0 Å². The van der Waals surface area contributed by atoms with Crippen molar-refractivity contribution >= 4 is 5.97 Å². The largest absolute Gasteiger partial charge is 0.481 e. The van der Waals surface area contributed by atoms with Crippen LogP contribution < -0.4 is 0 Å². The van der Waals surface area contributed by atoms with Gasteiger partial charge in [0.15, 0.2) is 0 Å². The summed E-state index contributed by atoms with van der Waals surface area (Å²) in [6.45, 7) is 4.03. The average molecular weight is 222 g/mol. The molecule has 0 aliphatic rings. The second-order valence-electron chi connectivity index (χ2n) is 4.62. The van der Waals surface area contributed by atoms with E-state index in [9.17, 15) is 4.79 Å². The third kappa shape index (κ3) is 3.35. The number of benzene rings is 1. The van der Waals surface area contributed by atoms with Crippen LogP contribution in [0.1, 0.15) is 25.0 Å². The van der Waals surface area contributed by atoms with Crippen molar-refractivity contribution in [2.45, 2.75) is 26.9 Å². The van der Waals surface area contributed by atoms with E-state index >= 15 is 0 Å². The maximum Gasteiger partial charge on any atom is 0.309 e. The third-order valence-corrected chi connectivity index (χ3v) is 2.53. The van der Waals surface area contributed by atoms with Crippen molar-refractivity contribution in [1.82, 2.24) is 0 Å². The first-order chi connectivity index (χ1) is 7.45. The Bertz CT molecular complexity index is 369.